The van der Waals surface area contributed by atoms with Gasteiger partial charge in [0.2, 0.25) is 0 Å². The van der Waals surface area contributed by atoms with Crippen LogP contribution in [0.25, 0.3) is 0 Å². The van der Waals surface area contributed by atoms with Crippen LogP contribution in [0.5, 0.6) is 0 Å². The second-order valence-corrected chi connectivity index (χ2v) is 6.04. The minimum Gasteiger partial charge on any atom is -0.348 e. The summed E-state index contributed by atoms with van der Waals surface area (Å²) in [6.45, 7) is 2.05. The third kappa shape index (κ3) is 4.37. The molecule has 1 fully saturated rings. The molecule has 0 spiro atoms. The molecule has 2 heterocycles. The second kappa shape index (κ2) is 7.81. The minimum absolute atomic E-state index is 0.0875. The molecule has 1 aromatic carbocycles. The summed E-state index contributed by atoms with van der Waals surface area (Å²) in [5, 5.41) is 11.8. The molecule has 0 bridgehead atoms. The molecule has 1 N–H and O–H groups in total. The average molecular weight is 339 g/mol. The number of hydrogen-bond donors (Lipinski definition) is 1. The van der Waals surface area contributed by atoms with Gasteiger partial charge in [-0.1, -0.05) is 6.07 Å². The molecule has 2 aromatic rings. The number of nitrogens with zero attached hydrogens (tertiary/aromatic N) is 4. The quantitative estimate of drug-likeness (QED) is 0.920. The van der Waals surface area contributed by atoms with Crippen LogP contribution in [0, 0.1) is 17.1 Å². The normalized spacial score (nSPS) is 15.5. The Morgan fingerprint density at radius 2 is 2.16 bits per heavy atom. The summed E-state index contributed by atoms with van der Waals surface area (Å²) in [7, 11) is 0. The van der Waals surface area contributed by atoms with Crippen LogP contribution in [0.3, 0.4) is 0 Å². The van der Waals surface area contributed by atoms with Crippen LogP contribution < -0.4 is 5.32 Å². The fraction of sp³-hybridized carbons (Fsp3) is 0.333. The van der Waals surface area contributed by atoms with E-state index in [1.54, 1.807) is 18.2 Å². The maximum absolute atomic E-state index is 14.0. The zero-order valence-electron chi connectivity index (χ0n) is 13.7. The number of likely N-dealkylation sites (tertiary alicyclic amines) is 1. The zero-order valence-corrected chi connectivity index (χ0v) is 13.7. The molecule has 0 radical (unpaired) electrons. The van der Waals surface area contributed by atoms with Crippen LogP contribution >= 0.6 is 0 Å². The Balaban J connectivity index is 1.51. The van der Waals surface area contributed by atoms with Gasteiger partial charge in [0.25, 0.3) is 5.91 Å². The van der Waals surface area contributed by atoms with Crippen molar-refractivity contribution in [2.75, 3.05) is 13.1 Å². The second-order valence-electron chi connectivity index (χ2n) is 6.04. The summed E-state index contributed by atoms with van der Waals surface area (Å²) in [6.07, 6.45) is 4.49. The molecule has 6 nitrogen and oxygen atoms in total. The maximum atomic E-state index is 14.0. The van der Waals surface area contributed by atoms with Crippen molar-refractivity contribution in [1.82, 2.24) is 20.2 Å². The van der Waals surface area contributed by atoms with Gasteiger partial charge in [-0.2, -0.15) is 5.26 Å². The minimum atomic E-state index is -0.349. The molecule has 1 saturated heterocycles. The van der Waals surface area contributed by atoms with Gasteiger partial charge in [0.15, 0.2) is 0 Å². The highest BCUT2D eigenvalue weighted by atomic mass is 19.1. The monoisotopic (exact) mass is 339 g/mol. The Kier molecular flexibility index (Phi) is 5.31. The molecule has 0 unspecified atom stereocenters. The van der Waals surface area contributed by atoms with Crippen molar-refractivity contribution in [2.45, 2.75) is 25.4 Å². The third-order valence-electron chi connectivity index (χ3n) is 4.31. The van der Waals surface area contributed by atoms with Crippen LogP contribution in [0.1, 0.15) is 34.5 Å². The summed E-state index contributed by atoms with van der Waals surface area (Å²) in [5.74, 6) is -0.544. The lowest BCUT2D eigenvalue weighted by atomic mass is 10.0. The van der Waals surface area contributed by atoms with Crippen molar-refractivity contribution in [3.8, 4) is 6.07 Å². The molecule has 0 atom stereocenters. The Morgan fingerprint density at radius 3 is 2.80 bits per heavy atom. The molecule has 7 heteroatoms. The molecule has 1 aliphatic heterocycles. The van der Waals surface area contributed by atoms with Gasteiger partial charge in [0.05, 0.1) is 11.6 Å². The average Bonchev–Trinajstić information content (AvgIpc) is 2.65. The number of aromatic nitrogens is 2. The zero-order chi connectivity index (χ0) is 17.6. The summed E-state index contributed by atoms with van der Waals surface area (Å²) >= 11 is 0. The van der Waals surface area contributed by atoms with Gasteiger partial charge >= 0.3 is 0 Å². The highest BCUT2D eigenvalue weighted by molar-refractivity contribution is 5.92. The van der Waals surface area contributed by atoms with E-state index in [4.69, 9.17) is 5.26 Å². The van der Waals surface area contributed by atoms with Gasteiger partial charge in [-0.25, -0.2) is 14.4 Å². The van der Waals surface area contributed by atoms with Crippen LogP contribution in [-0.2, 0) is 6.54 Å². The highest BCUT2D eigenvalue weighted by Crippen LogP contribution is 2.17. The van der Waals surface area contributed by atoms with Crippen LogP contribution in [0.15, 0.2) is 36.8 Å². The molecule has 128 valence electrons. The van der Waals surface area contributed by atoms with Gasteiger partial charge in [-0.3, -0.25) is 9.69 Å². The molecular weight excluding hydrogens is 321 g/mol. The summed E-state index contributed by atoms with van der Waals surface area (Å²) < 4.78 is 14.0. The number of hydrogen-bond acceptors (Lipinski definition) is 5. The first kappa shape index (κ1) is 17.0. The topological polar surface area (TPSA) is 81.9 Å². The lowest BCUT2D eigenvalue weighted by Crippen LogP contribution is -2.44. The molecule has 0 saturated carbocycles. The van der Waals surface area contributed by atoms with Crippen LogP contribution in [-0.4, -0.2) is 39.9 Å². The number of piperidine rings is 1. The summed E-state index contributed by atoms with van der Waals surface area (Å²) in [6, 6.07) is 8.17. The molecule has 1 aliphatic rings. The predicted octanol–water partition coefficient (Wildman–Crippen LogP) is 1.88. The predicted molar refractivity (Wildman–Crippen MR) is 88.9 cm³/mol. The third-order valence-corrected chi connectivity index (χ3v) is 4.31. The van der Waals surface area contributed by atoms with Crippen molar-refractivity contribution in [2.24, 2.45) is 0 Å². The lowest BCUT2D eigenvalue weighted by Gasteiger charge is -2.32. The molecule has 25 heavy (non-hydrogen) atoms. The number of halogens is 1. The van der Waals surface area contributed by atoms with Gasteiger partial charge in [-0.05, 0) is 31.0 Å². The van der Waals surface area contributed by atoms with Gasteiger partial charge in [-0.15, -0.1) is 0 Å². The first-order chi connectivity index (χ1) is 12.2. The Morgan fingerprint density at radius 1 is 1.36 bits per heavy atom. The van der Waals surface area contributed by atoms with Crippen LogP contribution in [0.4, 0.5) is 4.39 Å². The Labute approximate surface area is 145 Å². The van der Waals surface area contributed by atoms with Crippen molar-refractivity contribution in [3.05, 3.63) is 59.4 Å². The Bertz CT molecular complexity index is 782. The number of nitrogens with one attached hydrogen (secondary N) is 1. The number of carbonyl (C=O) groups is 1. The lowest BCUT2D eigenvalue weighted by molar-refractivity contribution is 0.0903. The highest BCUT2D eigenvalue weighted by Gasteiger charge is 2.22. The standard InChI is InChI=1S/C18H18FN5O/c19-16-9-13(10-20)1-2-14(16)11-24-7-4-15(5-8-24)23-18(25)17-3-6-21-12-22-17/h1-3,6,9,12,15H,4-5,7-8,11H2,(H,23,25). The van der Waals surface area contributed by atoms with Crippen molar-refractivity contribution in [1.29, 1.82) is 5.26 Å². The van der Waals surface area contributed by atoms with E-state index in [9.17, 15) is 9.18 Å². The van der Waals surface area contributed by atoms with Gasteiger partial charge in [0, 0.05) is 37.4 Å². The number of rotatable bonds is 4. The van der Waals surface area contributed by atoms with Crippen LogP contribution in [0.2, 0.25) is 0 Å². The SMILES string of the molecule is N#Cc1ccc(CN2CCC(NC(=O)c3ccncn3)CC2)c(F)c1. The first-order valence-corrected chi connectivity index (χ1v) is 8.13. The summed E-state index contributed by atoms with van der Waals surface area (Å²) in [5.41, 5.74) is 1.27. The number of benzene rings is 1. The summed E-state index contributed by atoms with van der Waals surface area (Å²) in [4.78, 5) is 22.0. The molecule has 1 aromatic heterocycles. The van der Waals surface area contributed by atoms with Crippen molar-refractivity contribution >= 4 is 5.91 Å². The fourth-order valence-electron chi connectivity index (χ4n) is 2.91. The van der Waals surface area contributed by atoms with E-state index in [0.717, 1.165) is 25.9 Å². The van der Waals surface area contributed by atoms with E-state index < -0.39 is 0 Å². The van der Waals surface area contributed by atoms with E-state index >= 15 is 0 Å². The van der Waals surface area contributed by atoms with Crippen molar-refractivity contribution < 1.29 is 9.18 Å². The molecule has 1 amide bonds. The van der Waals surface area contributed by atoms with E-state index in [-0.39, 0.29) is 17.8 Å². The van der Waals surface area contributed by atoms with E-state index in [0.29, 0.717) is 23.4 Å². The fourth-order valence-corrected chi connectivity index (χ4v) is 2.91. The molecular formula is C18H18FN5O. The van der Waals surface area contributed by atoms with Gasteiger partial charge in [0.1, 0.15) is 17.8 Å². The van der Waals surface area contributed by atoms with E-state index in [1.165, 1.54) is 18.6 Å². The smallest absolute Gasteiger partial charge is 0.270 e. The molecule has 0 aliphatic carbocycles. The van der Waals surface area contributed by atoms with Gasteiger partial charge < -0.3 is 5.32 Å². The largest absolute Gasteiger partial charge is 0.348 e. The molecule has 3 rings (SSSR count). The first-order valence-electron chi connectivity index (χ1n) is 8.13. The maximum Gasteiger partial charge on any atom is 0.270 e. The number of nitriles is 1. The van der Waals surface area contributed by atoms with Crippen molar-refractivity contribution in [3.63, 3.8) is 0 Å². The van der Waals surface area contributed by atoms with E-state index in [1.807, 2.05) is 6.07 Å². The Hall–Kier alpha value is -2.85. The number of carbonyl (C=O) groups excluding carboxylic acids is 1. The number of amides is 1. The van der Waals surface area contributed by atoms with E-state index in [2.05, 4.69) is 20.2 Å².